The number of aromatic nitrogens is 2. The van der Waals surface area contributed by atoms with Crippen molar-refractivity contribution in [2.45, 2.75) is 50.2 Å². The summed E-state index contributed by atoms with van der Waals surface area (Å²) in [4.78, 5) is 11.9. The van der Waals surface area contributed by atoms with Crippen LogP contribution in [-0.2, 0) is 17.6 Å². The van der Waals surface area contributed by atoms with Crippen molar-refractivity contribution in [3.05, 3.63) is 89.2 Å². The lowest BCUT2D eigenvalue weighted by molar-refractivity contribution is -0.148. The number of nitrogens with one attached hydrogen (secondary N) is 2. The van der Waals surface area contributed by atoms with E-state index in [1.165, 1.54) is 30.4 Å². The van der Waals surface area contributed by atoms with Gasteiger partial charge in [0, 0.05) is 65.4 Å². The number of fused-ring (bicyclic) bond motifs is 4. The molecule has 8 rings (SSSR count). The molecule has 0 spiro atoms. The number of anilines is 2. The van der Waals surface area contributed by atoms with Gasteiger partial charge in [0.05, 0.1) is 24.6 Å². The number of nitrogens with two attached hydrogens (primary N) is 1. The normalized spacial score (nSPS) is 22.7. The van der Waals surface area contributed by atoms with Gasteiger partial charge in [-0.15, -0.1) is 0 Å². The summed E-state index contributed by atoms with van der Waals surface area (Å²) in [6, 6.07) is 20.5. The molecule has 2 bridgehead atoms. The van der Waals surface area contributed by atoms with Crippen molar-refractivity contribution in [3.63, 3.8) is 0 Å². The van der Waals surface area contributed by atoms with Crippen LogP contribution in [0.1, 0.15) is 41.5 Å². The van der Waals surface area contributed by atoms with Gasteiger partial charge in [-0.1, -0.05) is 42.5 Å². The molecule has 3 atom stereocenters. The molecule has 43 heavy (non-hydrogen) atoms. The van der Waals surface area contributed by atoms with E-state index >= 15 is 0 Å². The standard InChI is InChI=1S/C35H36N6O2/c36-32(22-2-4-23(5-3-22)33-34-31(11-12-38-33)43-14-13-39-34)30-16-26(18-40-35(30)37)25-6-1-21-7-9-27(10-8-24(21)15-25)41-28-17-29(41)20-42-19-28/h1-6,11-12,15-16,18,27-29,36,39H,7-10,13-14,17,19-20H2,(H2,37,40)/t27-,28?,29?/m0/s1. The first-order chi connectivity index (χ1) is 21.1. The van der Waals surface area contributed by atoms with Gasteiger partial charge >= 0.3 is 0 Å². The minimum atomic E-state index is 0.351. The smallest absolute Gasteiger partial charge is 0.146 e. The summed E-state index contributed by atoms with van der Waals surface area (Å²) in [6.07, 6.45) is 9.52. The van der Waals surface area contributed by atoms with Crippen molar-refractivity contribution in [1.29, 1.82) is 5.41 Å². The van der Waals surface area contributed by atoms with E-state index in [9.17, 15) is 0 Å². The number of rotatable bonds is 5. The highest BCUT2D eigenvalue weighted by Gasteiger charge is 2.45. The highest BCUT2D eigenvalue weighted by Crippen LogP contribution is 2.38. The van der Waals surface area contributed by atoms with Crippen molar-refractivity contribution >= 4 is 17.2 Å². The van der Waals surface area contributed by atoms with Crippen LogP contribution in [0.3, 0.4) is 0 Å². The Labute approximate surface area is 251 Å². The number of benzene rings is 2. The third-order valence-electron chi connectivity index (χ3n) is 9.67. The predicted octanol–water partition coefficient (Wildman–Crippen LogP) is 5.33. The molecular formula is C35H36N6O2. The minimum absolute atomic E-state index is 0.351. The topological polar surface area (TPSA) is 109 Å². The number of nitrogen functional groups attached to an aromatic ring is 1. The Morgan fingerprint density at radius 1 is 0.884 bits per heavy atom. The van der Waals surface area contributed by atoms with E-state index in [1.807, 2.05) is 42.6 Å². The SMILES string of the molecule is N=C(c1ccc(-c2nccc3c2NCCO3)cc1)c1cc(-c2ccc3c(c2)CC[C@@H](N2C4COCC2C4)CC3)cnc1N. The molecule has 8 nitrogen and oxygen atoms in total. The first-order valence-corrected chi connectivity index (χ1v) is 15.4. The Hall–Kier alpha value is -4.27. The van der Waals surface area contributed by atoms with Crippen LogP contribution >= 0.6 is 0 Å². The van der Waals surface area contributed by atoms with Crippen LogP contribution in [0.15, 0.2) is 67.0 Å². The van der Waals surface area contributed by atoms with Crippen LogP contribution in [0.4, 0.5) is 11.5 Å². The van der Waals surface area contributed by atoms with E-state index in [-0.39, 0.29) is 0 Å². The molecule has 0 saturated carbocycles. The summed E-state index contributed by atoms with van der Waals surface area (Å²) in [5.41, 5.74) is 15.8. The van der Waals surface area contributed by atoms with Gasteiger partial charge in [-0.2, -0.15) is 0 Å². The molecule has 2 saturated heterocycles. The Kier molecular flexibility index (Phi) is 6.61. The fourth-order valence-electron chi connectivity index (χ4n) is 7.41. The average molecular weight is 573 g/mol. The largest absolute Gasteiger partial charge is 0.489 e. The number of hydrogen-bond donors (Lipinski definition) is 3. The van der Waals surface area contributed by atoms with Gasteiger partial charge in [-0.3, -0.25) is 15.3 Å². The van der Waals surface area contributed by atoms with Crippen LogP contribution in [-0.4, -0.2) is 65.1 Å². The zero-order chi connectivity index (χ0) is 28.9. The van der Waals surface area contributed by atoms with Gasteiger partial charge in [-0.05, 0) is 54.9 Å². The van der Waals surface area contributed by atoms with E-state index in [0.717, 1.165) is 72.0 Å². The Morgan fingerprint density at radius 2 is 1.67 bits per heavy atom. The number of aryl methyl sites for hydroxylation is 2. The third kappa shape index (κ3) is 4.75. The third-order valence-corrected chi connectivity index (χ3v) is 9.67. The molecule has 3 aliphatic heterocycles. The average Bonchev–Trinajstić information content (AvgIpc) is 3.27. The molecule has 4 aliphatic rings. The maximum atomic E-state index is 9.04. The van der Waals surface area contributed by atoms with Gasteiger partial charge in [0.2, 0.25) is 0 Å². The Balaban J connectivity index is 1.02. The first kappa shape index (κ1) is 26.4. The summed E-state index contributed by atoms with van der Waals surface area (Å²) in [7, 11) is 0. The maximum absolute atomic E-state index is 9.04. The van der Waals surface area contributed by atoms with Crippen molar-refractivity contribution in [3.8, 4) is 28.1 Å². The van der Waals surface area contributed by atoms with Gasteiger partial charge in [0.25, 0.3) is 0 Å². The maximum Gasteiger partial charge on any atom is 0.146 e. The minimum Gasteiger partial charge on any atom is -0.489 e. The van der Waals surface area contributed by atoms with E-state index in [1.54, 1.807) is 6.20 Å². The lowest BCUT2D eigenvalue weighted by Crippen LogP contribution is -2.66. The second-order valence-electron chi connectivity index (χ2n) is 12.2. The van der Waals surface area contributed by atoms with E-state index in [2.05, 4.69) is 38.4 Å². The van der Waals surface area contributed by atoms with Crippen LogP contribution in [0.2, 0.25) is 0 Å². The molecule has 5 heterocycles. The molecule has 2 unspecified atom stereocenters. The molecule has 4 N–H and O–H groups in total. The number of ether oxygens (including phenoxy) is 2. The zero-order valence-corrected chi connectivity index (χ0v) is 24.2. The van der Waals surface area contributed by atoms with Gasteiger partial charge in [0.1, 0.15) is 23.9 Å². The van der Waals surface area contributed by atoms with E-state index in [4.69, 9.17) is 20.6 Å². The first-order valence-electron chi connectivity index (χ1n) is 15.4. The number of hydrogen-bond acceptors (Lipinski definition) is 8. The number of nitrogens with zero attached hydrogens (tertiary/aromatic N) is 3. The summed E-state index contributed by atoms with van der Waals surface area (Å²) >= 11 is 0. The summed E-state index contributed by atoms with van der Waals surface area (Å²) in [5.74, 6) is 1.18. The molecule has 4 aromatic rings. The zero-order valence-electron chi connectivity index (χ0n) is 24.2. The molecular weight excluding hydrogens is 536 g/mol. The highest BCUT2D eigenvalue weighted by molar-refractivity contribution is 6.14. The molecule has 2 aromatic carbocycles. The lowest BCUT2D eigenvalue weighted by atomic mass is 9.87. The summed E-state index contributed by atoms with van der Waals surface area (Å²) in [6.45, 7) is 3.18. The van der Waals surface area contributed by atoms with E-state index in [0.29, 0.717) is 41.8 Å². The van der Waals surface area contributed by atoms with Crippen molar-refractivity contribution in [2.24, 2.45) is 0 Å². The highest BCUT2D eigenvalue weighted by atomic mass is 16.5. The molecule has 0 amide bonds. The molecule has 2 aromatic heterocycles. The molecule has 8 heteroatoms. The van der Waals surface area contributed by atoms with Crippen molar-refractivity contribution in [1.82, 2.24) is 14.9 Å². The van der Waals surface area contributed by atoms with Crippen LogP contribution in [0.25, 0.3) is 22.4 Å². The van der Waals surface area contributed by atoms with E-state index < -0.39 is 0 Å². The van der Waals surface area contributed by atoms with Gasteiger partial charge in [-0.25, -0.2) is 4.98 Å². The number of morpholine rings is 1. The monoisotopic (exact) mass is 572 g/mol. The van der Waals surface area contributed by atoms with Crippen molar-refractivity contribution in [2.75, 3.05) is 37.4 Å². The van der Waals surface area contributed by atoms with Gasteiger partial charge in [0.15, 0.2) is 0 Å². The second kappa shape index (κ2) is 10.8. The Bertz CT molecular complexity index is 1690. The summed E-state index contributed by atoms with van der Waals surface area (Å²) in [5, 5.41) is 12.4. The molecule has 218 valence electrons. The summed E-state index contributed by atoms with van der Waals surface area (Å²) < 4.78 is 11.5. The van der Waals surface area contributed by atoms with Crippen LogP contribution in [0.5, 0.6) is 5.75 Å². The molecule has 1 aliphatic carbocycles. The van der Waals surface area contributed by atoms with Gasteiger partial charge < -0.3 is 20.5 Å². The number of pyridine rings is 2. The molecule has 2 fully saturated rings. The quantitative estimate of drug-likeness (QED) is 0.219. The Morgan fingerprint density at radius 3 is 2.49 bits per heavy atom. The lowest BCUT2D eigenvalue weighted by Gasteiger charge is -2.56. The second-order valence-corrected chi connectivity index (χ2v) is 12.2. The predicted molar refractivity (Wildman–Crippen MR) is 169 cm³/mol. The van der Waals surface area contributed by atoms with Crippen molar-refractivity contribution < 1.29 is 9.47 Å². The fraction of sp³-hybridized carbons (Fsp3) is 0.343. The molecule has 0 radical (unpaired) electrons. The van der Waals surface area contributed by atoms with Crippen LogP contribution < -0.4 is 15.8 Å². The van der Waals surface area contributed by atoms with Crippen LogP contribution in [0, 0.1) is 5.41 Å². The fourth-order valence-corrected chi connectivity index (χ4v) is 7.41.